The fourth-order valence-corrected chi connectivity index (χ4v) is 1.86. The molecule has 0 bridgehead atoms. The summed E-state index contributed by atoms with van der Waals surface area (Å²) >= 11 is 0. The van der Waals surface area contributed by atoms with E-state index in [4.69, 9.17) is 14.4 Å². The molecule has 0 spiro atoms. The van der Waals surface area contributed by atoms with Gasteiger partial charge in [0.05, 0.1) is 25.3 Å². The first kappa shape index (κ1) is 15.6. The summed E-state index contributed by atoms with van der Waals surface area (Å²) in [4.78, 5) is 13.6. The lowest BCUT2D eigenvalue weighted by molar-refractivity contribution is -0.134. The van der Waals surface area contributed by atoms with Crippen molar-refractivity contribution < 1.29 is 18.3 Å². The third-order valence-electron chi connectivity index (χ3n) is 2.96. The smallest absolute Gasteiger partial charge is 0.260 e. The van der Waals surface area contributed by atoms with Gasteiger partial charge in [0.2, 0.25) is 0 Å². The van der Waals surface area contributed by atoms with E-state index in [0.29, 0.717) is 5.76 Å². The van der Waals surface area contributed by atoms with Crippen LogP contribution in [0.5, 0.6) is 5.75 Å². The number of hydrogen-bond acceptors (Lipinski definition) is 4. The predicted molar refractivity (Wildman–Crippen MR) is 76.3 cm³/mol. The lowest BCUT2D eigenvalue weighted by Crippen LogP contribution is -2.35. The second kappa shape index (κ2) is 7.84. The van der Waals surface area contributed by atoms with Gasteiger partial charge in [0.1, 0.15) is 5.76 Å². The minimum atomic E-state index is -0.523. The Morgan fingerprint density at radius 2 is 2.14 bits per heavy atom. The van der Waals surface area contributed by atoms with E-state index in [1.165, 1.54) is 23.3 Å². The van der Waals surface area contributed by atoms with E-state index < -0.39 is 5.82 Å². The van der Waals surface area contributed by atoms with Gasteiger partial charge in [-0.3, -0.25) is 4.79 Å². The summed E-state index contributed by atoms with van der Waals surface area (Å²) in [5, 5.41) is 8.68. The van der Waals surface area contributed by atoms with Crippen molar-refractivity contribution in [1.82, 2.24) is 4.90 Å². The Morgan fingerprint density at radius 3 is 2.82 bits per heavy atom. The minimum Gasteiger partial charge on any atom is -0.481 e. The summed E-state index contributed by atoms with van der Waals surface area (Å²) in [6.45, 7) is 0.206. The van der Waals surface area contributed by atoms with Crippen molar-refractivity contribution in [2.75, 3.05) is 13.2 Å². The molecule has 0 N–H and O–H groups in total. The zero-order valence-electron chi connectivity index (χ0n) is 11.9. The molecule has 0 radical (unpaired) electrons. The highest BCUT2D eigenvalue weighted by Gasteiger charge is 2.16. The summed E-state index contributed by atoms with van der Waals surface area (Å²) in [5.74, 6) is -0.230. The zero-order valence-corrected chi connectivity index (χ0v) is 11.9. The predicted octanol–water partition coefficient (Wildman–Crippen LogP) is 2.74. The molecule has 1 amide bonds. The molecule has 2 aromatic rings. The third-order valence-corrected chi connectivity index (χ3v) is 2.96. The van der Waals surface area contributed by atoms with Crippen LogP contribution in [-0.2, 0) is 11.3 Å². The van der Waals surface area contributed by atoms with Crippen LogP contribution in [0.15, 0.2) is 47.1 Å². The fourth-order valence-electron chi connectivity index (χ4n) is 1.86. The molecule has 1 aromatic heterocycles. The van der Waals surface area contributed by atoms with Crippen molar-refractivity contribution in [2.45, 2.75) is 13.0 Å². The van der Waals surface area contributed by atoms with E-state index in [2.05, 4.69) is 0 Å². The molecule has 1 aromatic carbocycles. The van der Waals surface area contributed by atoms with Crippen molar-refractivity contribution in [2.24, 2.45) is 0 Å². The zero-order chi connectivity index (χ0) is 15.8. The Bertz CT molecular complexity index is 650. The van der Waals surface area contributed by atoms with Crippen LogP contribution in [0, 0.1) is 17.1 Å². The summed E-state index contributed by atoms with van der Waals surface area (Å²) in [7, 11) is 0. The molecule has 5 nitrogen and oxygen atoms in total. The molecule has 0 fully saturated rings. The molecule has 0 saturated carbocycles. The Hall–Kier alpha value is -2.81. The van der Waals surface area contributed by atoms with Gasteiger partial charge in [0.15, 0.2) is 18.2 Å². The molecule has 0 aliphatic rings. The largest absolute Gasteiger partial charge is 0.481 e. The highest BCUT2D eigenvalue weighted by atomic mass is 19.1. The molecule has 0 atom stereocenters. The number of para-hydroxylation sites is 1. The molecule has 0 saturated heterocycles. The average Bonchev–Trinajstić information content (AvgIpc) is 3.03. The Balaban J connectivity index is 1.96. The van der Waals surface area contributed by atoms with Gasteiger partial charge in [-0.25, -0.2) is 4.39 Å². The molecule has 0 unspecified atom stereocenters. The van der Waals surface area contributed by atoms with E-state index in [1.54, 1.807) is 24.3 Å². The van der Waals surface area contributed by atoms with Crippen LogP contribution in [-0.4, -0.2) is 24.0 Å². The van der Waals surface area contributed by atoms with E-state index >= 15 is 0 Å². The molecule has 6 heteroatoms. The number of hydrogen-bond donors (Lipinski definition) is 0. The van der Waals surface area contributed by atoms with Crippen LogP contribution in [0.25, 0.3) is 0 Å². The standard InChI is InChI=1S/C16H15FN2O3/c17-14-6-1-2-7-15(14)22-12-16(20)19(9-4-8-18)11-13-5-3-10-21-13/h1-3,5-7,10H,4,9,11-12H2. The van der Waals surface area contributed by atoms with Crippen molar-refractivity contribution in [1.29, 1.82) is 5.26 Å². The third kappa shape index (κ3) is 4.35. The number of amides is 1. The summed E-state index contributed by atoms with van der Waals surface area (Å²) in [6, 6.07) is 11.3. The molecule has 114 valence electrons. The maximum atomic E-state index is 13.4. The van der Waals surface area contributed by atoms with Crippen LogP contribution < -0.4 is 4.74 Å². The number of benzene rings is 1. The summed E-state index contributed by atoms with van der Waals surface area (Å²) < 4.78 is 23.8. The SMILES string of the molecule is N#CCCN(Cc1ccco1)C(=O)COc1ccccc1F. The van der Waals surface area contributed by atoms with Gasteiger partial charge in [-0.2, -0.15) is 5.26 Å². The van der Waals surface area contributed by atoms with Crippen LogP contribution in [0.4, 0.5) is 4.39 Å². The number of rotatable bonds is 7. The lowest BCUT2D eigenvalue weighted by Gasteiger charge is -2.20. The number of halogens is 1. The highest BCUT2D eigenvalue weighted by Crippen LogP contribution is 2.15. The van der Waals surface area contributed by atoms with E-state index in [0.717, 1.165) is 0 Å². The normalized spacial score (nSPS) is 10.0. The maximum Gasteiger partial charge on any atom is 0.260 e. The minimum absolute atomic E-state index is 0.0223. The highest BCUT2D eigenvalue weighted by molar-refractivity contribution is 5.77. The van der Waals surface area contributed by atoms with E-state index in [-0.39, 0.29) is 37.8 Å². The molecule has 22 heavy (non-hydrogen) atoms. The van der Waals surface area contributed by atoms with Gasteiger partial charge in [-0.15, -0.1) is 0 Å². The molecule has 0 aliphatic heterocycles. The van der Waals surface area contributed by atoms with Crippen molar-refractivity contribution in [3.05, 3.63) is 54.2 Å². The van der Waals surface area contributed by atoms with E-state index in [1.807, 2.05) is 6.07 Å². The number of carbonyl (C=O) groups excluding carboxylic acids is 1. The number of furan rings is 1. The van der Waals surface area contributed by atoms with Crippen LogP contribution in [0.1, 0.15) is 12.2 Å². The van der Waals surface area contributed by atoms with Gasteiger partial charge in [-0.05, 0) is 24.3 Å². The van der Waals surface area contributed by atoms with Crippen LogP contribution >= 0.6 is 0 Å². The summed E-state index contributed by atoms with van der Waals surface area (Å²) in [5.41, 5.74) is 0. The lowest BCUT2D eigenvalue weighted by atomic mass is 10.3. The first-order chi connectivity index (χ1) is 10.7. The quantitative estimate of drug-likeness (QED) is 0.788. The van der Waals surface area contributed by atoms with Gasteiger partial charge in [-0.1, -0.05) is 12.1 Å². The number of nitriles is 1. The van der Waals surface area contributed by atoms with Crippen molar-refractivity contribution in [3.63, 3.8) is 0 Å². The Labute approximate surface area is 127 Å². The second-order valence-corrected chi connectivity index (χ2v) is 4.52. The second-order valence-electron chi connectivity index (χ2n) is 4.52. The number of nitrogens with zero attached hydrogens (tertiary/aromatic N) is 2. The van der Waals surface area contributed by atoms with E-state index in [9.17, 15) is 9.18 Å². The van der Waals surface area contributed by atoms with Crippen LogP contribution in [0.3, 0.4) is 0 Å². The Morgan fingerprint density at radius 1 is 1.32 bits per heavy atom. The molecular weight excluding hydrogens is 287 g/mol. The van der Waals surface area contributed by atoms with Gasteiger partial charge >= 0.3 is 0 Å². The van der Waals surface area contributed by atoms with Gasteiger partial charge in [0, 0.05) is 6.54 Å². The monoisotopic (exact) mass is 302 g/mol. The molecule has 0 aliphatic carbocycles. The molecular formula is C16H15FN2O3. The van der Waals surface area contributed by atoms with Crippen LogP contribution in [0.2, 0.25) is 0 Å². The van der Waals surface area contributed by atoms with Gasteiger partial charge < -0.3 is 14.1 Å². The van der Waals surface area contributed by atoms with Gasteiger partial charge in [0.25, 0.3) is 5.91 Å². The van der Waals surface area contributed by atoms with Crippen molar-refractivity contribution in [3.8, 4) is 11.8 Å². The van der Waals surface area contributed by atoms with Crippen molar-refractivity contribution >= 4 is 5.91 Å². The maximum absolute atomic E-state index is 13.4. The molecule has 1 heterocycles. The number of ether oxygens (including phenoxy) is 1. The fraction of sp³-hybridized carbons (Fsp3) is 0.250. The first-order valence-electron chi connectivity index (χ1n) is 6.75. The average molecular weight is 302 g/mol. The summed E-state index contributed by atoms with van der Waals surface area (Å²) in [6.07, 6.45) is 1.71. The first-order valence-corrected chi connectivity index (χ1v) is 6.75. The topological polar surface area (TPSA) is 66.5 Å². The number of carbonyl (C=O) groups is 1. The Kier molecular flexibility index (Phi) is 5.55. The molecule has 2 rings (SSSR count).